The highest BCUT2D eigenvalue weighted by molar-refractivity contribution is 7.47. The zero-order valence-corrected chi connectivity index (χ0v) is 34.3. The summed E-state index contributed by atoms with van der Waals surface area (Å²) >= 11 is 0. The second-order valence-corrected chi connectivity index (χ2v) is 16.6. The molecule has 300 valence electrons. The molecule has 0 aliphatic heterocycles. The van der Waals surface area contributed by atoms with Gasteiger partial charge in [0.15, 0.2) is 6.10 Å². The molecule has 0 heterocycles. The third kappa shape index (κ3) is 38.0. The van der Waals surface area contributed by atoms with Crippen LogP contribution >= 0.6 is 7.82 Å². The Balaban J connectivity index is 4.37. The first-order chi connectivity index (χ1) is 24.5. The largest absolute Gasteiger partial charge is 0.472 e. The maximum atomic E-state index is 12.6. The van der Waals surface area contributed by atoms with Crippen molar-refractivity contribution in [3.8, 4) is 0 Å². The number of carbonyl (C=O) groups is 2. The lowest BCUT2D eigenvalue weighted by Crippen LogP contribution is -2.37. The minimum Gasteiger partial charge on any atom is -0.462 e. The number of phosphoric ester groups is 1. The molecule has 10 heteroatoms. The second-order valence-electron chi connectivity index (χ2n) is 15.1. The summed E-state index contributed by atoms with van der Waals surface area (Å²) in [5.74, 6) is -0.810. The van der Waals surface area contributed by atoms with Crippen LogP contribution in [0.1, 0.15) is 174 Å². The lowest BCUT2D eigenvalue weighted by atomic mass is 10.0. The van der Waals surface area contributed by atoms with Crippen molar-refractivity contribution in [2.75, 3.05) is 47.5 Å². The van der Waals surface area contributed by atoms with Crippen molar-refractivity contribution in [1.29, 1.82) is 0 Å². The summed E-state index contributed by atoms with van der Waals surface area (Å²) in [7, 11) is 1.47. The van der Waals surface area contributed by atoms with Crippen LogP contribution in [0.25, 0.3) is 0 Å². The highest BCUT2D eigenvalue weighted by Gasteiger charge is 2.27. The summed E-state index contributed by atoms with van der Waals surface area (Å²) in [6.07, 6.45) is 34.0. The van der Waals surface area contributed by atoms with Gasteiger partial charge in [0.05, 0.1) is 27.7 Å². The van der Waals surface area contributed by atoms with Crippen LogP contribution < -0.4 is 0 Å². The van der Waals surface area contributed by atoms with Crippen molar-refractivity contribution >= 4 is 19.8 Å². The Bertz CT molecular complexity index is 920. The summed E-state index contributed by atoms with van der Waals surface area (Å²) in [5, 5.41) is 0. The van der Waals surface area contributed by atoms with E-state index in [4.69, 9.17) is 18.5 Å². The predicted molar refractivity (Wildman–Crippen MR) is 211 cm³/mol. The zero-order chi connectivity index (χ0) is 37.9. The van der Waals surface area contributed by atoms with Gasteiger partial charge in [-0.3, -0.25) is 18.6 Å². The van der Waals surface area contributed by atoms with Crippen molar-refractivity contribution < 1.29 is 42.1 Å². The molecule has 0 radical (unpaired) electrons. The fourth-order valence-electron chi connectivity index (χ4n) is 5.58. The average molecular weight is 745 g/mol. The molecular formula is C41H79NO8P+. The Labute approximate surface area is 313 Å². The molecule has 0 rings (SSSR count). The highest BCUT2D eigenvalue weighted by atomic mass is 31.2. The van der Waals surface area contributed by atoms with Crippen molar-refractivity contribution in [3.63, 3.8) is 0 Å². The van der Waals surface area contributed by atoms with Crippen LogP contribution in [0, 0.1) is 0 Å². The normalized spacial score (nSPS) is 13.7. The molecule has 0 saturated heterocycles. The Morgan fingerprint density at radius 1 is 0.647 bits per heavy atom. The van der Waals surface area contributed by atoms with E-state index in [0.717, 1.165) is 57.8 Å². The summed E-state index contributed by atoms with van der Waals surface area (Å²) < 4.78 is 34.2. The van der Waals surface area contributed by atoms with Crippen molar-refractivity contribution in [2.45, 2.75) is 180 Å². The standard InChI is InChI=1S/C41H78NO8P/c1-6-8-10-12-14-16-18-20-21-22-24-25-27-29-31-33-40(43)47-37-39(38-49-51(45,46)48-36-35-42(3,4)5)50-41(44)34-32-30-28-26-23-19-17-15-13-11-9-7-2/h6,15,17,39H,1,7-14,16,18-38H2,2-5H3/p+1/b17-15+/t39-/m1/s1. The Morgan fingerprint density at radius 3 is 1.59 bits per heavy atom. The minimum atomic E-state index is -4.37. The van der Waals surface area contributed by atoms with Gasteiger partial charge in [0.2, 0.25) is 0 Å². The number of hydrogen-bond acceptors (Lipinski definition) is 7. The van der Waals surface area contributed by atoms with Crippen LogP contribution in [0.3, 0.4) is 0 Å². The molecule has 0 saturated carbocycles. The molecule has 0 aromatic rings. The Morgan fingerprint density at radius 2 is 1.10 bits per heavy atom. The summed E-state index contributed by atoms with van der Waals surface area (Å²) in [5.41, 5.74) is 0. The van der Waals surface area contributed by atoms with Crippen LogP contribution in [0.5, 0.6) is 0 Å². The molecule has 9 nitrogen and oxygen atoms in total. The first-order valence-corrected chi connectivity index (χ1v) is 22.0. The zero-order valence-electron chi connectivity index (χ0n) is 33.4. The first kappa shape index (κ1) is 49.5. The van der Waals surface area contributed by atoms with Gasteiger partial charge >= 0.3 is 19.8 Å². The molecule has 0 aromatic heterocycles. The number of rotatable bonds is 38. The van der Waals surface area contributed by atoms with Crippen LogP contribution in [0.2, 0.25) is 0 Å². The predicted octanol–water partition coefficient (Wildman–Crippen LogP) is 11.2. The summed E-state index contributed by atoms with van der Waals surface area (Å²) in [6.45, 7) is 5.90. The number of allylic oxidation sites excluding steroid dienone is 3. The van der Waals surface area contributed by atoms with Gasteiger partial charge in [0, 0.05) is 12.8 Å². The molecule has 1 N–H and O–H groups in total. The van der Waals surface area contributed by atoms with Crippen LogP contribution in [0.4, 0.5) is 0 Å². The van der Waals surface area contributed by atoms with E-state index in [0.29, 0.717) is 17.4 Å². The van der Waals surface area contributed by atoms with Gasteiger partial charge < -0.3 is 18.9 Å². The van der Waals surface area contributed by atoms with E-state index in [9.17, 15) is 19.0 Å². The Kier molecular flexibility index (Phi) is 33.3. The molecule has 2 atom stereocenters. The number of quaternary nitrogens is 1. The maximum absolute atomic E-state index is 12.6. The van der Waals surface area contributed by atoms with Gasteiger partial charge in [-0.25, -0.2) is 4.57 Å². The number of ether oxygens (including phenoxy) is 2. The number of nitrogens with zero attached hydrogens (tertiary/aromatic N) is 1. The molecule has 0 amide bonds. The summed E-state index contributed by atoms with van der Waals surface area (Å²) in [6, 6.07) is 0. The average Bonchev–Trinajstić information content (AvgIpc) is 3.07. The number of carbonyl (C=O) groups excluding carboxylic acids is 2. The number of likely N-dealkylation sites (N-methyl/N-ethyl adjacent to an activating group) is 1. The van der Waals surface area contributed by atoms with E-state index in [1.54, 1.807) is 0 Å². The number of hydrogen-bond donors (Lipinski definition) is 1. The van der Waals surface area contributed by atoms with Crippen molar-refractivity contribution in [3.05, 3.63) is 24.8 Å². The Hall–Kier alpha value is -1.51. The minimum absolute atomic E-state index is 0.0307. The van der Waals surface area contributed by atoms with E-state index in [1.165, 1.54) is 89.9 Å². The van der Waals surface area contributed by atoms with Crippen LogP contribution in [-0.4, -0.2) is 74.9 Å². The third-order valence-electron chi connectivity index (χ3n) is 8.85. The van der Waals surface area contributed by atoms with Gasteiger partial charge in [-0.1, -0.05) is 128 Å². The molecule has 0 aliphatic rings. The molecule has 0 fully saturated rings. The molecule has 0 aliphatic carbocycles. The molecule has 51 heavy (non-hydrogen) atoms. The molecule has 0 bridgehead atoms. The van der Waals surface area contributed by atoms with E-state index in [-0.39, 0.29) is 32.0 Å². The van der Waals surface area contributed by atoms with E-state index in [1.807, 2.05) is 27.2 Å². The lowest BCUT2D eigenvalue weighted by Gasteiger charge is -2.24. The number of esters is 2. The topological polar surface area (TPSA) is 108 Å². The maximum Gasteiger partial charge on any atom is 0.472 e. The fourth-order valence-corrected chi connectivity index (χ4v) is 6.32. The van der Waals surface area contributed by atoms with E-state index in [2.05, 4.69) is 25.7 Å². The summed E-state index contributed by atoms with van der Waals surface area (Å²) in [4.78, 5) is 35.2. The van der Waals surface area contributed by atoms with Crippen LogP contribution in [0.15, 0.2) is 24.8 Å². The number of unbranched alkanes of at least 4 members (excludes halogenated alkanes) is 21. The molecule has 0 aromatic carbocycles. The van der Waals surface area contributed by atoms with E-state index >= 15 is 0 Å². The van der Waals surface area contributed by atoms with Crippen LogP contribution in [-0.2, 0) is 32.7 Å². The highest BCUT2D eigenvalue weighted by Crippen LogP contribution is 2.43. The first-order valence-electron chi connectivity index (χ1n) is 20.5. The monoisotopic (exact) mass is 745 g/mol. The van der Waals surface area contributed by atoms with E-state index < -0.39 is 26.5 Å². The van der Waals surface area contributed by atoms with Crippen molar-refractivity contribution in [2.24, 2.45) is 0 Å². The quantitative estimate of drug-likeness (QED) is 0.0219. The van der Waals surface area contributed by atoms with Gasteiger partial charge in [-0.2, -0.15) is 0 Å². The van der Waals surface area contributed by atoms with Gasteiger partial charge in [-0.15, -0.1) is 6.58 Å². The second kappa shape index (κ2) is 34.3. The lowest BCUT2D eigenvalue weighted by molar-refractivity contribution is -0.870. The SMILES string of the molecule is C=CCCCCCCCCCCCCCCCC(=O)OC[C@H](COP(=O)(O)OCC[N+](C)(C)C)OC(=O)CCCCCCC/C=C/CCCCC. The molecular weight excluding hydrogens is 665 g/mol. The van der Waals surface area contributed by atoms with Crippen molar-refractivity contribution in [1.82, 2.24) is 0 Å². The van der Waals surface area contributed by atoms with Gasteiger partial charge in [-0.05, 0) is 51.4 Å². The van der Waals surface area contributed by atoms with Gasteiger partial charge in [0.25, 0.3) is 0 Å². The number of phosphoric acid groups is 1. The smallest absolute Gasteiger partial charge is 0.462 e. The fraction of sp³-hybridized carbons (Fsp3) is 0.854. The third-order valence-corrected chi connectivity index (χ3v) is 9.83. The molecule has 1 unspecified atom stereocenters. The van der Waals surface area contributed by atoms with Gasteiger partial charge in [0.1, 0.15) is 19.8 Å². The molecule has 0 spiro atoms.